The largest absolute Gasteiger partial charge is 0.488 e. The van der Waals surface area contributed by atoms with Gasteiger partial charge in [-0.1, -0.05) is 100 Å². The van der Waals surface area contributed by atoms with Crippen LogP contribution in [0.3, 0.4) is 0 Å². The first-order valence-corrected chi connectivity index (χ1v) is 24.8. The number of anilines is 4. The van der Waals surface area contributed by atoms with Crippen LogP contribution in [0.4, 0.5) is 57.9 Å². The normalized spacial score (nSPS) is 15.0. The van der Waals surface area contributed by atoms with Crippen LogP contribution in [0.1, 0.15) is 35.1 Å². The SMILES string of the molecule is CB(O)NCc1cccc(N2N=C(C(F)(F)F)CC2C(=O)Nc2ccc(-c3ccccc3C)cc2F)c1.CB(O)NCc1cccc(N2N=C(C(F)(F)F)CC2C(=O)Nc2ccc(Br)cc2F)c1.Cc1ccccc1B(O)O. The van der Waals surface area contributed by atoms with E-state index < -0.39 is 93.4 Å². The second-order valence-corrected chi connectivity index (χ2v) is 18.9. The summed E-state index contributed by atoms with van der Waals surface area (Å²) in [5.41, 5.74) is 3.24. The first-order chi connectivity index (χ1) is 36.8. The van der Waals surface area contributed by atoms with Gasteiger partial charge in [-0.2, -0.15) is 36.5 Å². The van der Waals surface area contributed by atoms with Crippen molar-refractivity contribution in [3.05, 3.63) is 172 Å². The highest BCUT2D eigenvalue weighted by Crippen LogP contribution is 2.35. The second-order valence-electron chi connectivity index (χ2n) is 18.0. The number of halogens is 9. The fourth-order valence-corrected chi connectivity index (χ4v) is 8.31. The molecule has 2 atom stereocenters. The van der Waals surface area contributed by atoms with E-state index >= 15 is 0 Å². The Kier molecular flexibility index (Phi) is 20.6. The molecule has 0 bridgehead atoms. The Balaban J connectivity index is 0.000000216. The predicted octanol–water partition coefficient (Wildman–Crippen LogP) is 8.74. The van der Waals surface area contributed by atoms with E-state index in [0.29, 0.717) is 26.6 Å². The predicted molar refractivity (Wildman–Crippen MR) is 292 cm³/mol. The van der Waals surface area contributed by atoms with E-state index in [1.54, 1.807) is 54.6 Å². The summed E-state index contributed by atoms with van der Waals surface area (Å²) in [6, 6.07) is 33.1. The summed E-state index contributed by atoms with van der Waals surface area (Å²) in [5, 5.41) is 56.0. The molecule has 0 saturated carbocycles. The number of hydrogen-bond acceptors (Lipinski definition) is 12. The van der Waals surface area contributed by atoms with Gasteiger partial charge in [0.05, 0.1) is 22.7 Å². The minimum absolute atomic E-state index is 0.141. The smallest absolute Gasteiger partial charge is 0.437 e. The molecule has 0 spiro atoms. The van der Waals surface area contributed by atoms with Crippen LogP contribution in [0.15, 0.2) is 148 Å². The van der Waals surface area contributed by atoms with Gasteiger partial charge in [0.15, 0.2) is 0 Å². The van der Waals surface area contributed by atoms with Crippen molar-refractivity contribution in [3.63, 3.8) is 0 Å². The van der Waals surface area contributed by atoms with Crippen LogP contribution >= 0.6 is 15.9 Å². The standard InChI is InChI=1S/C26H25BF4N4O2.C19H18BBrF4N4O2.C7H9BO2/c1-16-6-3-4-9-20(16)18-10-11-22(21(28)13-18)33-25(36)23-14-24(26(29,30)31)34-35(23)19-8-5-7-17(12-19)15-32-27(2)37;1-20(31)26-10-11-3-2-4-13(7-11)29-16(9-17(28-29)19(23,24)25)18(30)27-15-6-5-12(21)8-14(15)22;1-6-4-2-3-5-7(6)8(9)10/h3-13,23,32,37H,14-15H2,1-2H3,(H,33,36);2-8,16,26,31H,9-10H2,1H3,(H,27,30);2-5,9-10H,1H3. The van der Waals surface area contributed by atoms with E-state index in [1.165, 1.54) is 50.0 Å². The fraction of sp³-hybridized carbons (Fsp3) is 0.231. The van der Waals surface area contributed by atoms with Gasteiger partial charge in [0.25, 0.3) is 0 Å². The Morgan fingerprint density at radius 2 is 1.05 bits per heavy atom. The van der Waals surface area contributed by atoms with E-state index in [9.17, 15) is 54.8 Å². The maximum atomic E-state index is 14.9. The van der Waals surface area contributed by atoms with Crippen molar-refractivity contribution >= 4 is 88.6 Å². The number of hydrazone groups is 2. The number of nitrogens with one attached hydrogen (secondary N) is 4. The van der Waals surface area contributed by atoms with Crippen LogP contribution in [0, 0.1) is 25.5 Å². The van der Waals surface area contributed by atoms with Gasteiger partial charge in [0, 0.05) is 30.4 Å². The molecule has 26 heteroatoms. The monoisotopic (exact) mass is 1150 g/mol. The van der Waals surface area contributed by atoms with Crippen molar-refractivity contribution in [1.82, 2.24) is 10.5 Å². The van der Waals surface area contributed by atoms with Crippen molar-refractivity contribution in [3.8, 4) is 11.1 Å². The zero-order valence-corrected chi connectivity index (χ0v) is 43.8. The summed E-state index contributed by atoms with van der Waals surface area (Å²) in [4.78, 5) is 25.9. The summed E-state index contributed by atoms with van der Waals surface area (Å²) in [6.45, 7) is 7.32. The molecular formula is C52H52B3BrF8N8O6. The van der Waals surface area contributed by atoms with E-state index in [1.807, 2.05) is 50.2 Å². The zero-order chi connectivity index (χ0) is 57.1. The number of carbonyl (C=O) groups is 2. The Labute approximate surface area is 453 Å². The number of amides is 2. The van der Waals surface area contributed by atoms with Crippen LogP contribution in [0.2, 0.25) is 13.6 Å². The highest BCUT2D eigenvalue weighted by atomic mass is 79.9. The molecule has 2 amide bonds. The van der Waals surface area contributed by atoms with Crippen LogP contribution in [-0.2, 0) is 22.7 Å². The van der Waals surface area contributed by atoms with Crippen molar-refractivity contribution in [2.45, 2.75) is 77.9 Å². The molecule has 0 radical (unpaired) electrons. The van der Waals surface area contributed by atoms with Gasteiger partial charge in [-0.25, -0.2) is 8.78 Å². The van der Waals surface area contributed by atoms with Gasteiger partial charge in [0.1, 0.15) is 35.1 Å². The van der Waals surface area contributed by atoms with Crippen LogP contribution < -0.4 is 36.6 Å². The van der Waals surface area contributed by atoms with Crippen molar-refractivity contribution in [2.75, 3.05) is 20.7 Å². The number of aryl methyl sites for hydroxylation is 2. The lowest BCUT2D eigenvalue weighted by atomic mass is 9.77. The number of nitrogens with zero attached hydrogens (tertiary/aromatic N) is 4. The number of hydrogen-bond donors (Lipinski definition) is 8. The van der Waals surface area contributed by atoms with Crippen molar-refractivity contribution in [2.24, 2.45) is 10.2 Å². The quantitative estimate of drug-likeness (QED) is 0.0386. The first kappa shape index (κ1) is 60.3. The molecule has 6 aromatic carbocycles. The number of alkyl halides is 6. The van der Waals surface area contributed by atoms with E-state index in [4.69, 9.17) is 10.0 Å². The molecule has 2 aliphatic heterocycles. The summed E-state index contributed by atoms with van der Waals surface area (Å²) in [5.74, 6) is -3.08. The molecule has 0 fully saturated rings. The lowest BCUT2D eigenvalue weighted by Gasteiger charge is -2.23. The second kappa shape index (κ2) is 26.6. The minimum Gasteiger partial charge on any atom is -0.437 e. The number of rotatable bonds is 14. The summed E-state index contributed by atoms with van der Waals surface area (Å²) < 4.78 is 110. The number of carbonyl (C=O) groups excluding carboxylic acids is 2. The van der Waals surface area contributed by atoms with Crippen molar-refractivity contribution in [1.29, 1.82) is 0 Å². The van der Waals surface area contributed by atoms with Crippen molar-refractivity contribution < 1.29 is 64.8 Å². The molecular weight excluding hydrogens is 1100 g/mol. The molecule has 2 unspecified atom stereocenters. The topological polar surface area (TPSA) is 194 Å². The molecule has 8 rings (SSSR count). The van der Waals surface area contributed by atoms with Gasteiger partial charge >= 0.3 is 33.6 Å². The van der Waals surface area contributed by atoms with E-state index in [0.717, 1.165) is 32.8 Å². The summed E-state index contributed by atoms with van der Waals surface area (Å²) in [7, 11) is -2.90. The lowest BCUT2D eigenvalue weighted by molar-refractivity contribution is -0.118. The van der Waals surface area contributed by atoms with E-state index in [-0.39, 0.29) is 35.8 Å². The average molecular weight is 1150 g/mol. The molecule has 78 heavy (non-hydrogen) atoms. The Hall–Kier alpha value is -6.93. The average Bonchev–Trinajstić information content (AvgIpc) is 4.10. The lowest BCUT2D eigenvalue weighted by Crippen LogP contribution is -2.39. The Bertz CT molecular complexity index is 3140. The molecule has 0 aliphatic carbocycles. The van der Waals surface area contributed by atoms with Gasteiger partial charge in [0.2, 0.25) is 11.8 Å². The third kappa shape index (κ3) is 16.5. The van der Waals surface area contributed by atoms with Crippen LogP contribution in [-0.4, -0.2) is 89.0 Å². The number of benzene rings is 6. The van der Waals surface area contributed by atoms with Gasteiger partial charge < -0.3 is 41.2 Å². The maximum absolute atomic E-state index is 14.9. The zero-order valence-electron chi connectivity index (χ0n) is 42.2. The van der Waals surface area contributed by atoms with Crippen LogP contribution in [0.5, 0.6) is 0 Å². The Morgan fingerprint density at radius 1 is 0.603 bits per heavy atom. The minimum atomic E-state index is -4.72. The van der Waals surface area contributed by atoms with Crippen LogP contribution in [0.25, 0.3) is 11.1 Å². The van der Waals surface area contributed by atoms with Gasteiger partial charge in [-0.15, -0.1) is 0 Å². The highest BCUT2D eigenvalue weighted by molar-refractivity contribution is 9.10. The van der Waals surface area contributed by atoms with Gasteiger partial charge in [-0.05, 0) is 115 Å². The highest BCUT2D eigenvalue weighted by Gasteiger charge is 2.47. The molecule has 2 aliphatic rings. The molecule has 6 aromatic rings. The summed E-state index contributed by atoms with van der Waals surface area (Å²) >= 11 is 3.10. The van der Waals surface area contributed by atoms with Gasteiger partial charge in [-0.3, -0.25) is 19.6 Å². The molecule has 0 saturated heterocycles. The molecule has 408 valence electrons. The third-order valence-electron chi connectivity index (χ3n) is 12.0. The van der Waals surface area contributed by atoms with E-state index in [2.05, 4.69) is 47.2 Å². The molecule has 8 N–H and O–H groups in total. The first-order valence-electron chi connectivity index (χ1n) is 24.0. The molecule has 14 nitrogen and oxygen atoms in total. The molecule has 2 heterocycles. The summed E-state index contributed by atoms with van der Waals surface area (Å²) in [6.07, 6.45) is -10.8. The Morgan fingerprint density at radius 3 is 1.46 bits per heavy atom. The fourth-order valence-electron chi connectivity index (χ4n) is 7.98. The molecule has 0 aromatic heterocycles. The maximum Gasteiger partial charge on any atom is 0.488 e. The third-order valence-corrected chi connectivity index (χ3v) is 12.5.